The van der Waals surface area contributed by atoms with Gasteiger partial charge in [0.25, 0.3) is 0 Å². The second-order valence-electron chi connectivity index (χ2n) is 3.42. The van der Waals surface area contributed by atoms with E-state index in [9.17, 15) is 0 Å². The molecule has 0 aliphatic heterocycles. The van der Waals surface area contributed by atoms with E-state index in [1.54, 1.807) is 5.92 Å². The molecule has 2 atom stereocenters. The third-order valence-corrected chi connectivity index (χ3v) is 3.00. The topological polar surface area (TPSA) is 0 Å². The minimum atomic E-state index is 0.887. The minimum Gasteiger partial charge on any atom is -0.0992 e. The zero-order valence-electron chi connectivity index (χ0n) is 5.98. The highest BCUT2D eigenvalue weighted by molar-refractivity contribution is 5.33. The van der Waals surface area contributed by atoms with E-state index in [4.69, 9.17) is 0 Å². The Kier molecular flexibility index (Phi) is 0.992. The van der Waals surface area contributed by atoms with Crippen LogP contribution in [0.15, 0.2) is 12.2 Å². The number of fused-ring (bicyclic) bond motifs is 2. The van der Waals surface area contributed by atoms with Crippen LogP contribution in [-0.2, 0) is 0 Å². The Hall–Kier alpha value is -0.260. The monoisotopic (exact) mass is 121 g/mol. The van der Waals surface area contributed by atoms with Crippen molar-refractivity contribution in [1.29, 1.82) is 0 Å². The Morgan fingerprint density at radius 3 is 2.56 bits per heavy atom. The van der Waals surface area contributed by atoms with Crippen molar-refractivity contribution < 1.29 is 0 Å². The van der Waals surface area contributed by atoms with Gasteiger partial charge in [0.15, 0.2) is 0 Å². The van der Waals surface area contributed by atoms with Crippen molar-refractivity contribution in [3.05, 3.63) is 18.1 Å². The van der Waals surface area contributed by atoms with Crippen LogP contribution in [0.2, 0.25) is 0 Å². The van der Waals surface area contributed by atoms with E-state index < -0.39 is 0 Å². The summed E-state index contributed by atoms with van der Waals surface area (Å²) in [7, 11) is 0. The Labute approximate surface area is 57.0 Å². The average molecular weight is 121 g/mol. The summed E-state index contributed by atoms with van der Waals surface area (Å²) in [6, 6.07) is 0. The lowest BCUT2D eigenvalue weighted by atomic mass is 9.96. The maximum Gasteiger partial charge on any atom is 0.00339 e. The van der Waals surface area contributed by atoms with Gasteiger partial charge in [-0.15, -0.1) is 0 Å². The summed E-state index contributed by atoms with van der Waals surface area (Å²) in [5, 5.41) is 0. The quantitative estimate of drug-likeness (QED) is 0.462. The van der Waals surface area contributed by atoms with Crippen LogP contribution in [0.4, 0.5) is 0 Å². The van der Waals surface area contributed by atoms with E-state index in [-0.39, 0.29) is 0 Å². The smallest absolute Gasteiger partial charge is 0.00339 e. The van der Waals surface area contributed by atoms with Gasteiger partial charge in [0.1, 0.15) is 0 Å². The lowest BCUT2D eigenvalue weighted by Gasteiger charge is -2.09. The molecule has 0 spiro atoms. The molecule has 0 N–H and O–H groups in total. The van der Waals surface area contributed by atoms with E-state index in [0.29, 0.717) is 0 Å². The van der Waals surface area contributed by atoms with Crippen molar-refractivity contribution in [2.24, 2.45) is 11.8 Å². The highest BCUT2D eigenvalue weighted by atomic mass is 14.5. The molecule has 9 heavy (non-hydrogen) atoms. The Balaban J connectivity index is 2.26. The van der Waals surface area contributed by atoms with Crippen LogP contribution in [0.5, 0.6) is 0 Å². The highest BCUT2D eigenvalue weighted by Crippen LogP contribution is 2.52. The standard InChI is InChI=1S/C9H13/c1-6-5-8-3-4-9(6)7(8)2/h7-8H,1,3-5H2,2H3. The third kappa shape index (κ3) is 0.593. The van der Waals surface area contributed by atoms with E-state index in [2.05, 4.69) is 13.5 Å². The molecule has 2 aliphatic rings. The van der Waals surface area contributed by atoms with Gasteiger partial charge in [-0.05, 0) is 31.1 Å². The van der Waals surface area contributed by atoms with E-state index >= 15 is 0 Å². The van der Waals surface area contributed by atoms with Crippen LogP contribution in [-0.4, -0.2) is 0 Å². The van der Waals surface area contributed by atoms with Crippen molar-refractivity contribution in [3.8, 4) is 0 Å². The first-order valence-corrected chi connectivity index (χ1v) is 3.83. The molecule has 0 saturated heterocycles. The molecule has 2 saturated carbocycles. The van der Waals surface area contributed by atoms with Crippen molar-refractivity contribution in [1.82, 2.24) is 0 Å². The van der Waals surface area contributed by atoms with Gasteiger partial charge in [-0.2, -0.15) is 0 Å². The highest BCUT2D eigenvalue weighted by Gasteiger charge is 2.41. The molecule has 0 amide bonds. The molecule has 1 radical (unpaired) electrons. The van der Waals surface area contributed by atoms with Gasteiger partial charge in [-0.1, -0.05) is 19.1 Å². The maximum atomic E-state index is 4.05. The lowest BCUT2D eigenvalue weighted by molar-refractivity contribution is 0.478. The molecule has 2 rings (SSSR count). The molecule has 0 aromatic rings. The number of hydrogen-bond donors (Lipinski definition) is 0. The summed E-state index contributed by atoms with van der Waals surface area (Å²) in [6.45, 7) is 6.40. The molecule has 2 fully saturated rings. The summed E-state index contributed by atoms with van der Waals surface area (Å²) in [5.74, 6) is 3.55. The number of hydrogen-bond acceptors (Lipinski definition) is 0. The van der Waals surface area contributed by atoms with Crippen LogP contribution >= 0.6 is 0 Å². The van der Waals surface area contributed by atoms with Gasteiger partial charge in [-0.25, -0.2) is 0 Å². The van der Waals surface area contributed by atoms with Crippen molar-refractivity contribution >= 4 is 0 Å². The fourth-order valence-electron chi connectivity index (χ4n) is 2.33. The van der Waals surface area contributed by atoms with Gasteiger partial charge in [-0.3, -0.25) is 0 Å². The molecular weight excluding hydrogens is 108 g/mol. The number of allylic oxidation sites excluding steroid dienone is 1. The summed E-state index contributed by atoms with van der Waals surface area (Å²) in [5.41, 5.74) is 1.46. The first kappa shape index (κ1) is 5.52. The first-order valence-electron chi connectivity index (χ1n) is 3.83. The summed E-state index contributed by atoms with van der Waals surface area (Å²) in [6.07, 6.45) is 4.09. The van der Waals surface area contributed by atoms with Gasteiger partial charge in [0, 0.05) is 5.92 Å². The van der Waals surface area contributed by atoms with Crippen LogP contribution in [0.1, 0.15) is 26.2 Å². The molecule has 0 heteroatoms. The van der Waals surface area contributed by atoms with Gasteiger partial charge in [0.05, 0.1) is 0 Å². The minimum absolute atomic E-state index is 0.887. The molecule has 2 bridgehead atoms. The van der Waals surface area contributed by atoms with Crippen LogP contribution in [0.25, 0.3) is 0 Å². The van der Waals surface area contributed by atoms with Gasteiger partial charge in [0.2, 0.25) is 0 Å². The zero-order chi connectivity index (χ0) is 6.43. The van der Waals surface area contributed by atoms with Gasteiger partial charge >= 0.3 is 0 Å². The number of rotatable bonds is 0. The Bertz CT molecular complexity index is 146. The first-order chi connectivity index (χ1) is 4.29. The van der Waals surface area contributed by atoms with Gasteiger partial charge < -0.3 is 0 Å². The lowest BCUT2D eigenvalue weighted by Crippen LogP contribution is -1.96. The summed E-state index contributed by atoms with van der Waals surface area (Å²) < 4.78 is 0. The van der Waals surface area contributed by atoms with E-state index in [1.807, 2.05) is 0 Å². The van der Waals surface area contributed by atoms with Crippen molar-refractivity contribution in [2.45, 2.75) is 26.2 Å². The Morgan fingerprint density at radius 2 is 2.33 bits per heavy atom. The maximum absolute atomic E-state index is 4.05. The molecular formula is C9H13. The molecule has 2 unspecified atom stereocenters. The zero-order valence-corrected chi connectivity index (χ0v) is 5.98. The molecule has 2 aliphatic carbocycles. The molecule has 0 nitrogen and oxygen atoms in total. The Morgan fingerprint density at radius 1 is 1.56 bits per heavy atom. The average Bonchev–Trinajstić information content (AvgIpc) is 2.25. The molecule has 0 heterocycles. The van der Waals surface area contributed by atoms with Crippen LogP contribution in [0, 0.1) is 17.8 Å². The fourth-order valence-corrected chi connectivity index (χ4v) is 2.33. The normalized spacial score (nSPS) is 42.6. The predicted octanol–water partition coefficient (Wildman–Crippen LogP) is 2.57. The second kappa shape index (κ2) is 1.62. The molecule has 0 aromatic heterocycles. The van der Waals surface area contributed by atoms with Crippen LogP contribution < -0.4 is 0 Å². The largest absolute Gasteiger partial charge is 0.0992 e. The predicted molar refractivity (Wildman–Crippen MR) is 38.9 cm³/mol. The molecule has 49 valence electrons. The third-order valence-electron chi connectivity index (χ3n) is 3.00. The molecule has 0 aromatic carbocycles. The SMILES string of the molecule is C=C1CC2CC[C]1C2C. The summed E-state index contributed by atoms with van der Waals surface area (Å²) in [4.78, 5) is 0. The fraction of sp³-hybridized carbons (Fsp3) is 0.667. The van der Waals surface area contributed by atoms with E-state index in [1.165, 1.54) is 24.8 Å². The van der Waals surface area contributed by atoms with E-state index in [0.717, 1.165) is 11.8 Å². The van der Waals surface area contributed by atoms with Crippen LogP contribution in [0.3, 0.4) is 0 Å². The second-order valence-corrected chi connectivity index (χ2v) is 3.42. The summed E-state index contributed by atoms with van der Waals surface area (Å²) >= 11 is 0. The van der Waals surface area contributed by atoms with Crippen molar-refractivity contribution in [2.75, 3.05) is 0 Å². The van der Waals surface area contributed by atoms with Crippen molar-refractivity contribution in [3.63, 3.8) is 0 Å².